The van der Waals surface area contributed by atoms with Crippen LogP contribution in [0.3, 0.4) is 0 Å². The molecule has 0 aromatic heterocycles. The van der Waals surface area contributed by atoms with E-state index in [-0.39, 0.29) is 23.6 Å². The highest BCUT2D eigenvalue weighted by molar-refractivity contribution is 6.27. The summed E-state index contributed by atoms with van der Waals surface area (Å²) in [6.07, 6.45) is 1.63. The Hall–Kier alpha value is -1.09. The minimum absolute atomic E-state index is 0.00755. The van der Waals surface area contributed by atoms with Crippen molar-refractivity contribution in [2.75, 3.05) is 5.88 Å². The van der Waals surface area contributed by atoms with Crippen LogP contribution in [0.25, 0.3) is 0 Å². The van der Waals surface area contributed by atoms with Gasteiger partial charge in [0.1, 0.15) is 11.7 Å². The highest BCUT2D eigenvalue weighted by atomic mass is 35.5. The van der Waals surface area contributed by atoms with Gasteiger partial charge in [-0.05, 0) is 36.1 Å². The first-order chi connectivity index (χ1) is 7.20. The molecule has 0 spiro atoms. The molecule has 2 nitrogen and oxygen atoms in total. The summed E-state index contributed by atoms with van der Waals surface area (Å²) in [5.74, 6) is -0.440. The first-order valence-electron chi connectivity index (χ1n) is 4.84. The Bertz CT molecular complexity index is 394. The van der Waals surface area contributed by atoms with Gasteiger partial charge in [0.05, 0.1) is 6.04 Å². The van der Waals surface area contributed by atoms with Crippen molar-refractivity contribution >= 4 is 17.5 Å². The number of hydrogen-bond acceptors (Lipinski definition) is 1. The van der Waals surface area contributed by atoms with Gasteiger partial charge in [0.2, 0.25) is 5.91 Å². The van der Waals surface area contributed by atoms with E-state index in [2.05, 4.69) is 5.32 Å². The van der Waals surface area contributed by atoms with Crippen LogP contribution in [-0.4, -0.2) is 11.8 Å². The SMILES string of the molecule is O=C(CCl)N[C@H]1CCc2cc(F)ccc21. The predicted molar refractivity (Wildman–Crippen MR) is 56.3 cm³/mol. The fourth-order valence-electron chi connectivity index (χ4n) is 1.97. The van der Waals surface area contributed by atoms with Crippen LogP contribution in [0, 0.1) is 5.82 Å². The molecule has 1 N–H and O–H groups in total. The lowest BCUT2D eigenvalue weighted by molar-refractivity contribution is -0.119. The maximum absolute atomic E-state index is 12.9. The summed E-state index contributed by atoms with van der Waals surface area (Å²) in [5.41, 5.74) is 1.99. The maximum atomic E-state index is 12.9. The molecular weight excluding hydrogens is 217 g/mol. The average Bonchev–Trinajstić information content (AvgIpc) is 2.60. The number of halogens is 2. The number of carbonyl (C=O) groups excluding carboxylic acids is 1. The largest absolute Gasteiger partial charge is 0.348 e. The molecule has 1 atom stereocenters. The van der Waals surface area contributed by atoms with Gasteiger partial charge in [0.25, 0.3) is 0 Å². The first-order valence-corrected chi connectivity index (χ1v) is 5.38. The van der Waals surface area contributed by atoms with Gasteiger partial charge in [-0.1, -0.05) is 6.07 Å². The molecule has 0 heterocycles. The average molecular weight is 228 g/mol. The highest BCUT2D eigenvalue weighted by Gasteiger charge is 2.23. The Morgan fingerprint density at radius 1 is 1.60 bits per heavy atom. The van der Waals surface area contributed by atoms with Crippen molar-refractivity contribution in [3.63, 3.8) is 0 Å². The molecule has 0 unspecified atom stereocenters. The van der Waals surface area contributed by atoms with Gasteiger partial charge in [-0.2, -0.15) is 0 Å². The zero-order chi connectivity index (χ0) is 10.8. The van der Waals surface area contributed by atoms with Crippen LogP contribution in [-0.2, 0) is 11.2 Å². The molecule has 0 radical (unpaired) electrons. The first kappa shape index (κ1) is 10.4. The molecule has 1 aliphatic rings. The number of aryl methyl sites for hydroxylation is 1. The van der Waals surface area contributed by atoms with Crippen LogP contribution in [0.1, 0.15) is 23.6 Å². The second kappa shape index (κ2) is 4.19. The number of fused-ring (bicyclic) bond motifs is 1. The Labute approximate surface area is 92.4 Å². The molecule has 0 bridgehead atoms. The van der Waals surface area contributed by atoms with Crippen molar-refractivity contribution in [3.8, 4) is 0 Å². The van der Waals surface area contributed by atoms with Crippen LogP contribution in [0.5, 0.6) is 0 Å². The summed E-state index contributed by atoms with van der Waals surface area (Å²) in [6, 6.07) is 4.68. The van der Waals surface area contributed by atoms with E-state index in [9.17, 15) is 9.18 Å². The number of carbonyl (C=O) groups is 1. The zero-order valence-electron chi connectivity index (χ0n) is 8.09. The Morgan fingerprint density at radius 2 is 2.40 bits per heavy atom. The number of alkyl halides is 1. The van der Waals surface area contributed by atoms with E-state index in [1.807, 2.05) is 0 Å². The molecule has 2 rings (SSSR count). The van der Waals surface area contributed by atoms with E-state index in [1.165, 1.54) is 12.1 Å². The topological polar surface area (TPSA) is 29.1 Å². The second-order valence-electron chi connectivity index (χ2n) is 3.64. The van der Waals surface area contributed by atoms with Crippen molar-refractivity contribution < 1.29 is 9.18 Å². The normalized spacial score (nSPS) is 18.7. The lowest BCUT2D eigenvalue weighted by Crippen LogP contribution is -2.27. The third kappa shape index (κ3) is 2.12. The molecule has 1 aliphatic carbocycles. The van der Waals surface area contributed by atoms with Gasteiger partial charge in [0, 0.05) is 0 Å². The van der Waals surface area contributed by atoms with Crippen LogP contribution in [0.4, 0.5) is 4.39 Å². The molecule has 0 fully saturated rings. The van der Waals surface area contributed by atoms with Gasteiger partial charge < -0.3 is 5.32 Å². The fraction of sp³-hybridized carbons (Fsp3) is 0.364. The third-order valence-electron chi connectivity index (χ3n) is 2.64. The quantitative estimate of drug-likeness (QED) is 0.771. The Balaban J connectivity index is 2.18. The molecule has 1 amide bonds. The molecule has 1 aromatic rings. The number of rotatable bonds is 2. The van der Waals surface area contributed by atoms with Crippen LogP contribution < -0.4 is 5.32 Å². The molecule has 0 saturated heterocycles. The fourth-order valence-corrected chi connectivity index (χ4v) is 2.05. The van der Waals surface area contributed by atoms with Crippen molar-refractivity contribution in [2.24, 2.45) is 0 Å². The van der Waals surface area contributed by atoms with Crippen molar-refractivity contribution in [3.05, 3.63) is 35.1 Å². The summed E-state index contributed by atoms with van der Waals surface area (Å²) >= 11 is 5.41. The molecule has 15 heavy (non-hydrogen) atoms. The molecule has 1 aromatic carbocycles. The van der Waals surface area contributed by atoms with Gasteiger partial charge in [-0.15, -0.1) is 11.6 Å². The van der Waals surface area contributed by atoms with Crippen LogP contribution >= 0.6 is 11.6 Å². The van der Waals surface area contributed by atoms with E-state index in [1.54, 1.807) is 6.07 Å². The van der Waals surface area contributed by atoms with E-state index < -0.39 is 0 Å². The van der Waals surface area contributed by atoms with Crippen molar-refractivity contribution in [1.82, 2.24) is 5.32 Å². The molecular formula is C11H11ClFNO. The van der Waals surface area contributed by atoms with Crippen LogP contribution in [0.2, 0.25) is 0 Å². The van der Waals surface area contributed by atoms with E-state index in [0.717, 1.165) is 24.0 Å². The molecule has 80 valence electrons. The summed E-state index contributed by atoms with van der Waals surface area (Å²) in [5, 5.41) is 2.81. The van der Waals surface area contributed by atoms with Crippen molar-refractivity contribution in [1.29, 1.82) is 0 Å². The van der Waals surface area contributed by atoms with E-state index >= 15 is 0 Å². The highest BCUT2D eigenvalue weighted by Crippen LogP contribution is 2.31. The summed E-state index contributed by atoms with van der Waals surface area (Å²) in [7, 11) is 0. The third-order valence-corrected chi connectivity index (χ3v) is 2.88. The smallest absolute Gasteiger partial charge is 0.235 e. The summed E-state index contributed by atoms with van der Waals surface area (Å²) < 4.78 is 12.9. The monoisotopic (exact) mass is 227 g/mol. The number of hydrogen-bond donors (Lipinski definition) is 1. The molecule has 4 heteroatoms. The lowest BCUT2D eigenvalue weighted by Gasteiger charge is -2.12. The minimum atomic E-state index is -0.224. The maximum Gasteiger partial charge on any atom is 0.235 e. The number of amides is 1. The predicted octanol–water partition coefficient (Wildman–Crippen LogP) is 2.17. The minimum Gasteiger partial charge on any atom is -0.348 e. The van der Waals surface area contributed by atoms with Crippen LogP contribution in [0.15, 0.2) is 18.2 Å². The molecule has 0 aliphatic heterocycles. The van der Waals surface area contributed by atoms with Gasteiger partial charge in [0.15, 0.2) is 0 Å². The summed E-state index contributed by atoms with van der Waals surface area (Å²) in [4.78, 5) is 11.1. The summed E-state index contributed by atoms with van der Waals surface area (Å²) in [6.45, 7) is 0. The number of nitrogens with one attached hydrogen (secondary N) is 1. The lowest BCUT2D eigenvalue weighted by atomic mass is 10.1. The standard InChI is InChI=1S/C11H11ClFNO/c12-6-11(15)14-10-4-1-7-5-8(13)2-3-9(7)10/h2-3,5,10H,1,4,6H2,(H,14,15)/t10-/m0/s1. The molecule has 0 saturated carbocycles. The van der Waals surface area contributed by atoms with Gasteiger partial charge in [-0.3, -0.25) is 4.79 Å². The van der Waals surface area contributed by atoms with E-state index in [4.69, 9.17) is 11.6 Å². The zero-order valence-corrected chi connectivity index (χ0v) is 8.85. The number of benzene rings is 1. The van der Waals surface area contributed by atoms with Crippen molar-refractivity contribution in [2.45, 2.75) is 18.9 Å². The van der Waals surface area contributed by atoms with Gasteiger partial charge >= 0.3 is 0 Å². The Kier molecular flexibility index (Phi) is 2.91. The van der Waals surface area contributed by atoms with Gasteiger partial charge in [-0.25, -0.2) is 4.39 Å². The Morgan fingerprint density at radius 3 is 3.13 bits per heavy atom. The van der Waals surface area contributed by atoms with E-state index in [0.29, 0.717) is 0 Å². The second-order valence-corrected chi connectivity index (χ2v) is 3.90.